The van der Waals surface area contributed by atoms with Crippen molar-refractivity contribution in [2.45, 2.75) is 20.8 Å². The van der Waals surface area contributed by atoms with Crippen LogP contribution in [-0.4, -0.2) is 39.0 Å². The summed E-state index contributed by atoms with van der Waals surface area (Å²) in [5, 5.41) is 3.26. The Kier molecular flexibility index (Phi) is 6.92. The molecular formula is C29H32N4O2. The van der Waals surface area contributed by atoms with Gasteiger partial charge in [-0.2, -0.15) is 0 Å². The van der Waals surface area contributed by atoms with Gasteiger partial charge in [0.25, 0.3) is 11.8 Å². The summed E-state index contributed by atoms with van der Waals surface area (Å²) in [5.74, 6) is -0.699. The first-order valence-electron chi connectivity index (χ1n) is 11.9. The van der Waals surface area contributed by atoms with Crippen LogP contribution >= 0.6 is 0 Å². The van der Waals surface area contributed by atoms with Gasteiger partial charge in [-0.1, -0.05) is 29.8 Å². The Bertz CT molecular complexity index is 1240. The summed E-state index contributed by atoms with van der Waals surface area (Å²) in [5.41, 5.74) is 5.87. The summed E-state index contributed by atoms with van der Waals surface area (Å²) in [6.45, 7) is 8.07. The van der Waals surface area contributed by atoms with Crippen LogP contribution in [0.3, 0.4) is 0 Å². The zero-order chi connectivity index (χ0) is 25.1. The molecule has 35 heavy (non-hydrogen) atoms. The highest BCUT2D eigenvalue weighted by atomic mass is 16.2. The number of carbonyl (C=O) groups excluding carboxylic acids is 2. The molecule has 3 aromatic carbocycles. The van der Waals surface area contributed by atoms with Gasteiger partial charge in [0, 0.05) is 44.2 Å². The summed E-state index contributed by atoms with van der Waals surface area (Å²) in [6.07, 6.45) is 0. The lowest BCUT2D eigenvalue weighted by Gasteiger charge is -2.21. The summed E-state index contributed by atoms with van der Waals surface area (Å²) < 4.78 is 0. The molecule has 1 aliphatic heterocycles. The monoisotopic (exact) mass is 468 g/mol. The molecule has 0 bridgehead atoms. The molecule has 0 unspecified atom stereocenters. The van der Waals surface area contributed by atoms with Crippen LogP contribution in [-0.2, 0) is 9.59 Å². The van der Waals surface area contributed by atoms with Crippen molar-refractivity contribution in [3.8, 4) is 0 Å². The predicted octanol–water partition coefficient (Wildman–Crippen LogP) is 5.30. The molecule has 2 amide bonds. The van der Waals surface area contributed by atoms with E-state index in [4.69, 9.17) is 0 Å². The molecule has 6 nitrogen and oxygen atoms in total. The van der Waals surface area contributed by atoms with Gasteiger partial charge >= 0.3 is 0 Å². The quantitative estimate of drug-likeness (QED) is 0.455. The number of amides is 2. The minimum atomic E-state index is -0.365. The first kappa shape index (κ1) is 24.1. The molecule has 0 saturated heterocycles. The predicted molar refractivity (Wildman–Crippen MR) is 145 cm³/mol. The second kappa shape index (κ2) is 10.1. The molecule has 0 fully saturated rings. The topological polar surface area (TPSA) is 55.9 Å². The van der Waals surface area contributed by atoms with Gasteiger partial charge in [-0.05, 0) is 74.9 Å². The van der Waals surface area contributed by atoms with Gasteiger partial charge in [0.1, 0.15) is 5.70 Å². The van der Waals surface area contributed by atoms with Crippen LogP contribution in [0.15, 0.2) is 78.5 Å². The smallest absolute Gasteiger partial charge is 0.282 e. The van der Waals surface area contributed by atoms with Gasteiger partial charge in [-0.25, -0.2) is 4.90 Å². The first-order valence-corrected chi connectivity index (χ1v) is 11.9. The van der Waals surface area contributed by atoms with E-state index >= 15 is 0 Å². The normalized spacial score (nSPS) is 13.5. The molecule has 0 aromatic heterocycles. The van der Waals surface area contributed by atoms with E-state index < -0.39 is 0 Å². The number of carbonyl (C=O) groups is 2. The fourth-order valence-electron chi connectivity index (χ4n) is 4.26. The van der Waals surface area contributed by atoms with Gasteiger partial charge in [-0.15, -0.1) is 0 Å². The highest BCUT2D eigenvalue weighted by Gasteiger charge is 2.40. The molecule has 0 saturated carbocycles. The molecule has 6 heteroatoms. The summed E-state index contributed by atoms with van der Waals surface area (Å²) in [4.78, 5) is 32.7. The minimum Gasteiger partial charge on any atom is -0.378 e. The Labute approximate surface area is 207 Å². The van der Waals surface area contributed by atoms with Crippen molar-refractivity contribution in [2.75, 3.05) is 47.2 Å². The molecule has 0 atom stereocenters. The van der Waals surface area contributed by atoms with Crippen molar-refractivity contribution in [2.24, 2.45) is 0 Å². The molecule has 0 aliphatic carbocycles. The minimum absolute atomic E-state index is 0.283. The average molecular weight is 469 g/mol. The zero-order valence-corrected chi connectivity index (χ0v) is 21.0. The number of benzene rings is 3. The maximum Gasteiger partial charge on any atom is 0.282 e. The molecule has 3 aromatic rings. The lowest BCUT2D eigenvalue weighted by atomic mass is 10.0. The maximum absolute atomic E-state index is 13.6. The Morgan fingerprint density at radius 2 is 1.31 bits per heavy atom. The number of hydrogen-bond donors (Lipinski definition) is 1. The van der Waals surface area contributed by atoms with Gasteiger partial charge in [-0.3, -0.25) is 9.59 Å². The highest BCUT2D eigenvalue weighted by Crippen LogP contribution is 2.34. The third kappa shape index (κ3) is 4.78. The summed E-state index contributed by atoms with van der Waals surface area (Å²) in [7, 11) is 3.90. The first-order chi connectivity index (χ1) is 16.8. The van der Waals surface area contributed by atoms with E-state index in [2.05, 4.69) is 24.1 Å². The number of imide groups is 1. The van der Waals surface area contributed by atoms with E-state index in [0.29, 0.717) is 16.8 Å². The second-order valence-corrected chi connectivity index (χ2v) is 8.82. The SMILES string of the molecule is CCN(CC)c1ccc(NC2=C(c3ccc(C)cc3)C(=O)N(c3ccc(N(C)C)cc3)C2=O)cc1. The van der Waals surface area contributed by atoms with Crippen molar-refractivity contribution in [1.82, 2.24) is 0 Å². The summed E-state index contributed by atoms with van der Waals surface area (Å²) >= 11 is 0. The van der Waals surface area contributed by atoms with Crippen LogP contribution in [0.4, 0.5) is 22.7 Å². The van der Waals surface area contributed by atoms with E-state index in [1.807, 2.05) is 86.6 Å². The Hall–Kier alpha value is -4.06. The van der Waals surface area contributed by atoms with Crippen LogP contribution in [0.2, 0.25) is 0 Å². The van der Waals surface area contributed by atoms with Crippen molar-refractivity contribution in [3.63, 3.8) is 0 Å². The molecule has 180 valence electrons. The van der Waals surface area contributed by atoms with E-state index in [9.17, 15) is 9.59 Å². The van der Waals surface area contributed by atoms with Gasteiger partial charge in [0.2, 0.25) is 0 Å². The standard InChI is InChI=1S/C29H32N4O2/c1-6-32(7-2)24-14-12-22(13-15-24)30-27-26(21-10-8-20(3)9-11-21)28(34)33(29(27)35)25-18-16-23(17-19-25)31(4)5/h8-19,30H,6-7H2,1-5H3. The van der Waals surface area contributed by atoms with Crippen LogP contribution < -0.4 is 20.0 Å². The fraction of sp³-hybridized carbons (Fsp3) is 0.241. The number of rotatable bonds is 8. The van der Waals surface area contributed by atoms with E-state index in [0.717, 1.165) is 35.7 Å². The van der Waals surface area contributed by atoms with Crippen molar-refractivity contribution >= 4 is 40.1 Å². The van der Waals surface area contributed by atoms with Crippen LogP contribution in [0.25, 0.3) is 5.57 Å². The van der Waals surface area contributed by atoms with E-state index in [1.165, 1.54) is 4.90 Å². The molecular weight excluding hydrogens is 436 g/mol. The number of nitrogens with zero attached hydrogens (tertiary/aromatic N) is 3. The van der Waals surface area contributed by atoms with Crippen molar-refractivity contribution < 1.29 is 9.59 Å². The number of nitrogens with one attached hydrogen (secondary N) is 1. The molecule has 0 spiro atoms. The van der Waals surface area contributed by atoms with E-state index in [-0.39, 0.29) is 17.5 Å². The van der Waals surface area contributed by atoms with Crippen LogP contribution in [0.5, 0.6) is 0 Å². The van der Waals surface area contributed by atoms with Crippen molar-refractivity contribution in [3.05, 3.63) is 89.6 Å². The Morgan fingerprint density at radius 3 is 1.86 bits per heavy atom. The molecule has 1 heterocycles. The number of hydrogen-bond acceptors (Lipinski definition) is 5. The number of aryl methyl sites for hydroxylation is 1. The third-order valence-electron chi connectivity index (χ3n) is 6.31. The summed E-state index contributed by atoms with van der Waals surface area (Å²) in [6, 6.07) is 23.0. The van der Waals surface area contributed by atoms with Gasteiger partial charge < -0.3 is 15.1 Å². The lowest BCUT2D eigenvalue weighted by Crippen LogP contribution is -2.32. The van der Waals surface area contributed by atoms with Gasteiger partial charge in [0.15, 0.2) is 0 Å². The van der Waals surface area contributed by atoms with Crippen LogP contribution in [0, 0.1) is 6.92 Å². The number of anilines is 4. The molecule has 1 aliphatic rings. The Balaban J connectivity index is 1.72. The van der Waals surface area contributed by atoms with Crippen LogP contribution in [0.1, 0.15) is 25.0 Å². The molecule has 4 rings (SSSR count). The second-order valence-electron chi connectivity index (χ2n) is 8.82. The highest BCUT2D eigenvalue weighted by molar-refractivity contribution is 6.46. The van der Waals surface area contributed by atoms with Crippen molar-refractivity contribution in [1.29, 1.82) is 0 Å². The maximum atomic E-state index is 13.6. The average Bonchev–Trinajstić information content (AvgIpc) is 3.10. The van der Waals surface area contributed by atoms with E-state index in [1.54, 1.807) is 12.1 Å². The fourth-order valence-corrected chi connectivity index (χ4v) is 4.26. The Morgan fingerprint density at radius 1 is 0.743 bits per heavy atom. The zero-order valence-electron chi connectivity index (χ0n) is 21.0. The largest absolute Gasteiger partial charge is 0.378 e. The molecule has 1 N–H and O–H groups in total. The van der Waals surface area contributed by atoms with Gasteiger partial charge in [0.05, 0.1) is 11.3 Å². The lowest BCUT2D eigenvalue weighted by molar-refractivity contribution is -0.120. The molecule has 0 radical (unpaired) electrons. The third-order valence-corrected chi connectivity index (χ3v) is 6.31.